The van der Waals surface area contributed by atoms with Gasteiger partial charge >= 0.3 is 5.97 Å². The SMILES string of the molecule is C=C(C)C(=O)OC1CC1(C)OC(C)C(C)(C)O. The molecule has 0 saturated heterocycles. The molecule has 0 radical (unpaired) electrons. The van der Waals surface area contributed by atoms with Gasteiger partial charge in [0.15, 0.2) is 0 Å². The molecule has 0 aromatic carbocycles. The third-order valence-corrected chi connectivity index (χ3v) is 3.15. The number of hydrogen-bond acceptors (Lipinski definition) is 4. The van der Waals surface area contributed by atoms with E-state index in [0.717, 1.165) is 0 Å². The fraction of sp³-hybridized carbons (Fsp3) is 0.769. The minimum Gasteiger partial charge on any atom is -0.456 e. The molecule has 1 fully saturated rings. The first kappa shape index (κ1) is 14.2. The Balaban J connectivity index is 2.48. The van der Waals surface area contributed by atoms with E-state index in [4.69, 9.17) is 9.47 Å². The van der Waals surface area contributed by atoms with Gasteiger partial charge in [-0.1, -0.05) is 6.58 Å². The molecular formula is C13H22O4. The number of carbonyl (C=O) groups is 1. The molecule has 4 nitrogen and oxygen atoms in total. The molecule has 1 N–H and O–H groups in total. The van der Waals surface area contributed by atoms with Crippen LogP contribution in [0.5, 0.6) is 0 Å². The average molecular weight is 242 g/mol. The molecule has 1 saturated carbocycles. The van der Waals surface area contributed by atoms with E-state index >= 15 is 0 Å². The van der Waals surface area contributed by atoms with Crippen molar-refractivity contribution in [2.45, 2.75) is 64.4 Å². The number of aliphatic hydroxyl groups is 1. The lowest BCUT2D eigenvalue weighted by molar-refractivity contribution is -0.150. The molecule has 98 valence electrons. The van der Waals surface area contributed by atoms with Gasteiger partial charge in [0, 0.05) is 12.0 Å². The van der Waals surface area contributed by atoms with Crippen molar-refractivity contribution in [3.8, 4) is 0 Å². The van der Waals surface area contributed by atoms with Gasteiger partial charge < -0.3 is 14.6 Å². The van der Waals surface area contributed by atoms with Crippen LogP contribution in [0.2, 0.25) is 0 Å². The van der Waals surface area contributed by atoms with Crippen LogP contribution in [0.15, 0.2) is 12.2 Å². The van der Waals surface area contributed by atoms with Gasteiger partial charge in [-0.3, -0.25) is 0 Å². The minimum atomic E-state index is -0.908. The number of rotatable bonds is 5. The fourth-order valence-corrected chi connectivity index (χ4v) is 1.38. The topological polar surface area (TPSA) is 55.8 Å². The summed E-state index contributed by atoms with van der Waals surface area (Å²) < 4.78 is 11.0. The van der Waals surface area contributed by atoms with Crippen LogP contribution in [-0.2, 0) is 14.3 Å². The molecule has 0 spiro atoms. The maximum atomic E-state index is 11.3. The monoisotopic (exact) mass is 242 g/mol. The predicted molar refractivity (Wildman–Crippen MR) is 64.6 cm³/mol. The molecule has 0 bridgehead atoms. The van der Waals surface area contributed by atoms with E-state index in [2.05, 4.69) is 6.58 Å². The second-order valence-corrected chi connectivity index (χ2v) is 5.60. The summed E-state index contributed by atoms with van der Waals surface area (Å²) >= 11 is 0. The summed E-state index contributed by atoms with van der Waals surface area (Å²) in [5, 5.41) is 9.79. The number of hydrogen-bond donors (Lipinski definition) is 1. The molecule has 0 aromatic rings. The lowest BCUT2D eigenvalue weighted by Crippen LogP contribution is -2.39. The van der Waals surface area contributed by atoms with Gasteiger partial charge in [0.1, 0.15) is 11.7 Å². The van der Waals surface area contributed by atoms with Crippen molar-refractivity contribution in [1.29, 1.82) is 0 Å². The van der Waals surface area contributed by atoms with Gasteiger partial charge in [-0.25, -0.2) is 4.79 Å². The Morgan fingerprint density at radius 2 is 2.12 bits per heavy atom. The molecule has 0 aliphatic heterocycles. The molecule has 3 unspecified atom stereocenters. The van der Waals surface area contributed by atoms with Crippen molar-refractivity contribution in [2.75, 3.05) is 0 Å². The molecule has 4 heteroatoms. The van der Waals surface area contributed by atoms with E-state index in [0.29, 0.717) is 12.0 Å². The summed E-state index contributed by atoms with van der Waals surface area (Å²) in [7, 11) is 0. The zero-order valence-corrected chi connectivity index (χ0v) is 11.2. The van der Waals surface area contributed by atoms with Crippen molar-refractivity contribution >= 4 is 5.97 Å². The van der Waals surface area contributed by atoms with Gasteiger partial charge in [-0.05, 0) is 34.6 Å². The molecule has 17 heavy (non-hydrogen) atoms. The first-order chi connectivity index (χ1) is 7.56. The second kappa shape index (κ2) is 4.42. The molecule has 1 rings (SSSR count). The molecule has 0 amide bonds. The smallest absolute Gasteiger partial charge is 0.333 e. The number of ether oxygens (including phenoxy) is 2. The Kier molecular flexibility index (Phi) is 3.69. The second-order valence-electron chi connectivity index (χ2n) is 5.60. The maximum absolute atomic E-state index is 11.3. The lowest BCUT2D eigenvalue weighted by atomic mass is 10.0. The highest BCUT2D eigenvalue weighted by Gasteiger charge is 2.56. The molecule has 1 aliphatic carbocycles. The van der Waals surface area contributed by atoms with Crippen molar-refractivity contribution in [3.63, 3.8) is 0 Å². The van der Waals surface area contributed by atoms with E-state index < -0.39 is 17.2 Å². The van der Waals surface area contributed by atoms with Crippen molar-refractivity contribution in [3.05, 3.63) is 12.2 Å². The average Bonchev–Trinajstić information content (AvgIpc) is 2.74. The Hall–Kier alpha value is -0.870. The van der Waals surface area contributed by atoms with Crippen LogP contribution >= 0.6 is 0 Å². The molecule has 3 atom stereocenters. The Morgan fingerprint density at radius 1 is 1.59 bits per heavy atom. The van der Waals surface area contributed by atoms with Crippen molar-refractivity contribution in [1.82, 2.24) is 0 Å². The van der Waals surface area contributed by atoms with Crippen molar-refractivity contribution < 1.29 is 19.4 Å². The summed E-state index contributed by atoms with van der Waals surface area (Å²) in [6, 6.07) is 0. The van der Waals surface area contributed by atoms with E-state index in [9.17, 15) is 9.90 Å². The first-order valence-electron chi connectivity index (χ1n) is 5.83. The summed E-state index contributed by atoms with van der Waals surface area (Å²) in [6.07, 6.45) is 0.101. The predicted octanol–water partition coefficient (Wildman–Crippen LogP) is 1.81. The Bertz CT molecular complexity index is 329. The van der Waals surface area contributed by atoms with Crippen molar-refractivity contribution in [2.24, 2.45) is 0 Å². The summed E-state index contributed by atoms with van der Waals surface area (Å²) in [6.45, 7) is 12.2. The van der Waals surface area contributed by atoms with Crippen LogP contribution in [0, 0.1) is 0 Å². The lowest BCUT2D eigenvalue weighted by Gasteiger charge is -2.29. The number of carbonyl (C=O) groups excluding carboxylic acids is 1. The quantitative estimate of drug-likeness (QED) is 0.590. The normalized spacial score (nSPS) is 29.6. The first-order valence-corrected chi connectivity index (χ1v) is 5.83. The summed E-state index contributed by atoms with van der Waals surface area (Å²) in [5.74, 6) is -0.391. The molecule has 0 aromatic heterocycles. The van der Waals surface area contributed by atoms with Crippen LogP contribution in [-0.4, -0.2) is 34.5 Å². The van der Waals surface area contributed by atoms with Crippen LogP contribution in [0.1, 0.15) is 41.0 Å². The third-order valence-electron chi connectivity index (χ3n) is 3.15. The number of esters is 1. The zero-order valence-electron chi connectivity index (χ0n) is 11.2. The fourth-order valence-electron chi connectivity index (χ4n) is 1.38. The molecular weight excluding hydrogens is 220 g/mol. The highest BCUT2D eigenvalue weighted by molar-refractivity contribution is 5.87. The zero-order chi connectivity index (χ0) is 13.4. The van der Waals surface area contributed by atoms with E-state index in [-0.39, 0.29) is 12.2 Å². The van der Waals surface area contributed by atoms with Gasteiger partial charge in [-0.2, -0.15) is 0 Å². The van der Waals surface area contributed by atoms with Crippen LogP contribution in [0.4, 0.5) is 0 Å². The van der Waals surface area contributed by atoms with Crippen LogP contribution < -0.4 is 0 Å². The van der Waals surface area contributed by atoms with E-state index in [1.807, 2.05) is 6.92 Å². The minimum absolute atomic E-state index is 0.239. The summed E-state index contributed by atoms with van der Waals surface area (Å²) in [5.41, 5.74) is -1.01. The van der Waals surface area contributed by atoms with Gasteiger partial charge in [-0.15, -0.1) is 0 Å². The maximum Gasteiger partial charge on any atom is 0.333 e. The van der Waals surface area contributed by atoms with E-state index in [1.165, 1.54) is 0 Å². The van der Waals surface area contributed by atoms with Gasteiger partial charge in [0.25, 0.3) is 0 Å². The third kappa shape index (κ3) is 3.54. The highest BCUT2D eigenvalue weighted by atomic mass is 16.6. The van der Waals surface area contributed by atoms with Gasteiger partial charge in [0.2, 0.25) is 0 Å². The highest BCUT2D eigenvalue weighted by Crippen LogP contribution is 2.44. The standard InChI is InChI=1S/C13H22O4/c1-8(2)11(14)16-10-7-13(10,6)17-9(3)12(4,5)15/h9-10,15H,1,7H2,2-6H3. The van der Waals surface area contributed by atoms with Gasteiger partial charge in [0.05, 0.1) is 11.7 Å². The largest absolute Gasteiger partial charge is 0.456 e. The Morgan fingerprint density at radius 3 is 2.53 bits per heavy atom. The molecule has 1 aliphatic rings. The van der Waals surface area contributed by atoms with Crippen LogP contribution in [0.3, 0.4) is 0 Å². The summed E-state index contributed by atoms with van der Waals surface area (Å²) in [4.78, 5) is 11.3. The molecule has 0 heterocycles. The van der Waals surface area contributed by atoms with Crippen LogP contribution in [0.25, 0.3) is 0 Å². The Labute approximate surface area is 103 Å². The van der Waals surface area contributed by atoms with E-state index in [1.54, 1.807) is 27.7 Å².